The molecule has 0 heterocycles. The van der Waals surface area contributed by atoms with Gasteiger partial charge >= 0.3 is 0 Å². The average molecular weight is 380 g/mol. The van der Waals surface area contributed by atoms with E-state index in [-0.39, 0.29) is 36.3 Å². The number of sulfonamides is 1. The maximum Gasteiger partial charge on any atom is 0.210 e. The number of halogens is 1. The topological polar surface area (TPSA) is 106 Å². The van der Waals surface area contributed by atoms with Gasteiger partial charge in [0.25, 0.3) is 0 Å². The molecule has 0 aromatic heterocycles. The molecule has 0 aromatic rings. The molecular formula is C8H21IN4O3S. The van der Waals surface area contributed by atoms with Gasteiger partial charge in [-0.2, -0.15) is 0 Å². The second kappa shape index (κ2) is 11.0. The van der Waals surface area contributed by atoms with E-state index in [0.29, 0.717) is 25.7 Å². The number of ether oxygens (including phenoxy) is 1. The van der Waals surface area contributed by atoms with Crippen molar-refractivity contribution in [3.63, 3.8) is 0 Å². The monoisotopic (exact) mass is 380 g/mol. The molecule has 0 amide bonds. The van der Waals surface area contributed by atoms with Crippen LogP contribution in [0.25, 0.3) is 0 Å². The quantitative estimate of drug-likeness (QED) is 0.230. The lowest BCUT2D eigenvalue weighted by Crippen LogP contribution is -2.40. The first-order chi connectivity index (χ1) is 7.49. The van der Waals surface area contributed by atoms with Gasteiger partial charge in [-0.1, -0.05) is 0 Å². The number of aliphatic imine (C=N–C) groups is 1. The van der Waals surface area contributed by atoms with Gasteiger partial charge in [-0.3, -0.25) is 4.99 Å². The minimum atomic E-state index is -3.43. The van der Waals surface area contributed by atoms with Crippen LogP contribution in [0.3, 0.4) is 0 Å². The SMILES string of the molecule is CCNC(=NCCOC)NCCS(N)(=O)=O.I. The van der Waals surface area contributed by atoms with Crippen LogP contribution in [0.4, 0.5) is 0 Å². The van der Waals surface area contributed by atoms with E-state index in [1.807, 2.05) is 6.92 Å². The lowest BCUT2D eigenvalue weighted by Gasteiger charge is -2.10. The molecular weight excluding hydrogens is 359 g/mol. The molecule has 4 N–H and O–H groups in total. The summed E-state index contributed by atoms with van der Waals surface area (Å²) in [5.74, 6) is 0.435. The Morgan fingerprint density at radius 2 is 2.06 bits per heavy atom. The van der Waals surface area contributed by atoms with Crippen molar-refractivity contribution in [1.29, 1.82) is 0 Å². The molecule has 0 radical (unpaired) electrons. The minimum Gasteiger partial charge on any atom is -0.383 e. The van der Waals surface area contributed by atoms with Crippen molar-refractivity contribution in [3.8, 4) is 0 Å². The first-order valence-corrected chi connectivity index (χ1v) is 6.72. The van der Waals surface area contributed by atoms with Gasteiger partial charge in [0.1, 0.15) is 0 Å². The summed E-state index contributed by atoms with van der Waals surface area (Å²) in [4.78, 5) is 4.16. The van der Waals surface area contributed by atoms with Crippen molar-refractivity contribution in [1.82, 2.24) is 10.6 Å². The van der Waals surface area contributed by atoms with Gasteiger partial charge in [-0.05, 0) is 6.92 Å². The zero-order valence-electron chi connectivity index (χ0n) is 10.1. The van der Waals surface area contributed by atoms with Gasteiger partial charge in [0.15, 0.2) is 5.96 Å². The molecule has 0 aliphatic rings. The number of primary sulfonamides is 1. The highest BCUT2D eigenvalue weighted by molar-refractivity contribution is 14.0. The van der Waals surface area contributed by atoms with Crippen molar-refractivity contribution >= 4 is 40.0 Å². The summed E-state index contributed by atoms with van der Waals surface area (Å²) in [6.07, 6.45) is 0. The second-order valence-corrected chi connectivity index (χ2v) is 4.78. The summed E-state index contributed by atoms with van der Waals surface area (Å²) >= 11 is 0. The van der Waals surface area contributed by atoms with Crippen LogP contribution in [0.2, 0.25) is 0 Å². The number of hydrogen-bond acceptors (Lipinski definition) is 4. The predicted molar refractivity (Wildman–Crippen MR) is 79.2 cm³/mol. The van der Waals surface area contributed by atoms with Crippen LogP contribution in [0.5, 0.6) is 0 Å². The van der Waals surface area contributed by atoms with E-state index in [0.717, 1.165) is 0 Å². The van der Waals surface area contributed by atoms with Crippen LogP contribution < -0.4 is 15.8 Å². The van der Waals surface area contributed by atoms with Crippen LogP contribution in [0.15, 0.2) is 4.99 Å². The smallest absolute Gasteiger partial charge is 0.210 e. The number of hydrogen-bond donors (Lipinski definition) is 3. The largest absolute Gasteiger partial charge is 0.383 e. The zero-order chi connectivity index (χ0) is 12.4. The second-order valence-electron chi connectivity index (χ2n) is 3.05. The molecule has 104 valence electrons. The summed E-state index contributed by atoms with van der Waals surface area (Å²) in [5, 5.41) is 10.7. The van der Waals surface area contributed by atoms with Gasteiger partial charge in [0.2, 0.25) is 10.0 Å². The predicted octanol–water partition coefficient (Wildman–Crippen LogP) is -0.906. The molecule has 0 aromatic carbocycles. The fraction of sp³-hybridized carbons (Fsp3) is 0.875. The van der Waals surface area contributed by atoms with E-state index in [4.69, 9.17) is 9.88 Å². The van der Waals surface area contributed by atoms with Gasteiger partial charge in [-0.25, -0.2) is 13.6 Å². The van der Waals surface area contributed by atoms with Crippen LogP contribution in [-0.2, 0) is 14.8 Å². The zero-order valence-corrected chi connectivity index (χ0v) is 13.2. The standard InChI is InChI=1S/C8H20N4O3S.HI/c1-3-10-8(11-4-6-15-2)12-5-7-16(9,13)14;/h3-7H2,1-2H3,(H2,9,13,14)(H2,10,11,12);1H. The van der Waals surface area contributed by atoms with Gasteiger partial charge in [0.05, 0.1) is 18.9 Å². The minimum absolute atomic E-state index is 0. The first-order valence-electron chi connectivity index (χ1n) is 5.01. The fourth-order valence-corrected chi connectivity index (χ4v) is 1.29. The Morgan fingerprint density at radius 1 is 1.41 bits per heavy atom. The number of methoxy groups -OCH3 is 1. The molecule has 0 saturated heterocycles. The average Bonchev–Trinajstić information content (AvgIpc) is 2.16. The molecule has 0 atom stereocenters. The molecule has 0 unspecified atom stereocenters. The number of nitrogens with one attached hydrogen (secondary N) is 2. The van der Waals surface area contributed by atoms with E-state index in [2.05, 4.69) is 15.6 Å². The third-order valence-electron chi connectivity index (χ3n) is 1.59. The first kappa shape index (κ1) is 19.2. The van der Waals surface area contributed by atoms with Crippen molar-refractivity contribution < 1.29 is 13.2 Å². The van der Waals surface area contributed by atoms with Crippen molar-refractivity contribution in [3.05, 3.63) is 0 Å². The molecule has 17 heavy (non-hydrogen) atoms. The van der Waals surface area contributed by atoms with E-state index >= 15 is 0 Å². The molecule has 0 saturated carbocycles. The number of nitrogens with zero attached hydrogens (tertiary/aromatic N) is 1. The Balaban J connectivity index is 0. The molecule has 0 fully saturated rings. The van der Waals surface area contributed by atoms with E-state index < -0.39 is 10.0 Å². The van der Waals surface area contributed by atoms with Crippen molar-refractivity contribution in [2.75, 3.05) is 39.1 Å². The third kappa shape index (κ3) is 13.8. The maximum absolute atomic E-state index is 10.7. The van der Waals surface area contributed by atoms with Crippen LogP contribution in [0.1, 0.15) is 6.92 Å². The van der Waals surface area contributed by atoms with Crippen molar-refractivity contribution in [2.24, 2.45) is 10.1 Å². The summed E-state index contributed by atoms with van der Waals surface area (Å²) in [6, 6.07) is 0. The Hall–Kier alpha value is -0.130. The lowest BCUT2D eigenvalue weighted by molar-refractivity contribution is 0.208. The van der Waals surface area contributed by atoms with Gasteiger partial charge < -0.3 is 15.4 Å². The highest BCUT2D eigenvalue weighted by Crippen LogP contribution is 1.78. The number of nitrogens with two attached hydrogens (primary N) is 1. The molecule has 0 aliphatic carbocycles. The van der Waals surface area contributed by atoms with Gasteiger partial charge in [-0.15, -0.1) is 24.0 Å². The summed E-state index contributed by atoms with van der Waals surface area (Å²) in [6.45, 7) is 3.89. The Labute approximate surface area is 120 Å². The molecule has 0 bridgehead atoms. The molecule has 0 aliphatic heterocycles. The highest BCUT2D eigenvalue weighted by Gasteiger charge is 2.02. The Kier molecular flexibility index (Phi) is 12.4. The third-order valence-corrected chi connectivity index (χ3v) is 2.36. The molecule has 9 heteroatoms. The van der Waals surface area contributed by atoms with Crippen molar-refractivity contribution in [2.45, 2.75) is 6.92 Å². The van der Waals surface area contributed by atoms with Gasteiger partial charge in [0, 0.05) is 20.2 Å². The maximum atomic E-state index is 10.7. The van der Waals surface area contributed by atoms with E-state index in [1.165, 1.54) is 0 Å². The summed E-state index contributed by atoms with van der Waals surface area (Å²) in [7, 11) is -1.84. The number of rotatable bonds is 7. The highest BCUT2D eigenvalue weighted by atomic mass is 127. The lowest BCUT2D eigenvalue weighted by atomic mass is 10.6. The molecule has 7 nitrogen and oxygen atoms in total. The molecule has 0 rings (SSSR count). The van der Waals surface area contributed by atoms with Crippen LogP contribution in [-0.4, -0.2) is 53.5 Å². The summed E-state index contributed by atoms with van der Waals surface area (Å²) < 4.78 is 26.2. The Morgan fingerprint density at radius 3 is 2.53 bits per heavy atom. The normalized spacial score (nSPS) is 11.8. The Bertz CT molecular complexity index is 308. The van der Waals surface area contributed by atoms with Crippen LogP contribution >= 0.6 is 24.0 Å². The summed E-state index contributed by atoms with van der Waals surface area (Å²) in [5.41, 5.74) is 0. The number of guanidine groups is 1. The van der Waals surface area contributed by atoms with E-state index in [9.17, 15) is 8.42 Å². The van der Waals surface area contributed by atoms with E-state index in [1.54, 1.807) is 7.11 Å². The van der Waals surface area contributed by atoms with Crippen LogP contribution in [0, 0.1) is 0 Å². The molecule has 0 spiro atoms. The fourth-order valence-electron chi connectivity index (χ4n) is 0.902.